The van der Waals surface area contributed by atoms with Gasteiger partial charge in [0, 0.05) is 12.4 Å². The lowest BCUT2D eigenvalue weighted by Gasteiger charge is -2.08. The SMILES string of the molecule is Clc1cnc2sc(CBr)nc2c1.NC(=O)c1c(F)ccc(O)c1F.NC(=O)c1c(F)ccc(OCc2nc3cc(Cl)cnc3s2)c1F. The van der Waals surface area contributed by atoms with Gasteiger partial charge < -0.3 is 21.3 Å². The van der Waals surface area contributed by atoms with Gasteiger partial charge in [0.25, 0.3) is 11.8 Å². The molecule has 2 amide bonds. The third-order valence-electron chi connectivity index (χ3n) is 5.60. The van der Waals surface area contributed by atoms with Crippen molar-refractivity contribution in [3.05, 3.63) is 103 Å². The Morgan fingerprint density at radius 2 is 1.30 bits per heavy atom. The zero-order valence-electron chi connectivity index (χ0n) is 23.1. The van der Waals surface area contributed by atoms with Crippen LogP contribution in [-0.4, -0.2) is 36.9 Å². The Balaban J connectivity index is 0.000000176. The third kappa shape index (κ3) is 8.81. The molecule has 244 valence electrons. The fourth-order valence-electron chi connectivity index (χ4n) is 3.58. The van der Waals surface area contributed by atoms with Gasteiger partial charge >= 0.3 is 0 Å². The summed E-state index contributed by atoms with van der Waals surface area (Å²) < 4.78 is 58.0. The number of primary amides is 2. The predicted octanol–water partition coefficient (Wildman–Crippen LogP) is 7.31. The molecule has 0 fully saturated rings. The van der Waals surface area contributed by atoms with Crippen LogP contribution in [0.25, 0.3) is 20.7 Å². The first kappa shape index (κ1) is 35.7. The molecule has 5 N–H and O–H groups in total. The molecule has 0 saturated carbocycles. The van der Waals surface area contributed by atoms with Gasteiger partial charge in [-0.05, 0) is 36.4 Å². The molecule has 0 unspecified atom stereocenters. The lowest BCUT2D eigenvalue weighted by Crippen LogP contribution is -2.16. The minimum atomic E-state index is -1.33. The van der Waals surface area contributed by atoms with Crippen molar-refractivity contribution in [3.8, 4) is 11.5 Å². The average Bonchev–Trinajstić information content (AvgIpc) is 3.62. The molecule has 0 radical (unpaired) electrons. The highest BCUT2D eigenvalue weighted by atomic mass is 79.9. The monoisotopic (exact) mass is 790 g/mol. The van der Waals surface area contributed by atoms with Crippen LogP contribution in [0.1, 0.15) is 30.7 Å². The number of amides is 2. The Morgan fingerprint density at radius 3 is 1.81 bits per heavy atom. The number of carbonyl (C=O) groups excluding carboxylic acids is 2. The normalized spacial score (nSPS) is 10.6. The van der Waals surface area contributed by atoms with Gasteiger partial charge in [-0.2, -0.15) is 0 Å². The molecule has 47 heavy (non-hydrogen) atoms. The number of nitrogens with two attached hydrogens (primary N) is 2. The van der Waals surface area contributed by atoms with Crippen LogP contribution < -0.4 is 16.2 Å². The largest absolute Gasteiger partial charge is 0.505 e. The molecule has 2 aromatic carbocycles. The fourth-order valence-corrected chi connectivity index (χ4v) is 5.89. The number of hydrogen-bond donors (Lipinski definition) is 3. The molecule has 0 spiro atoms. The van der Waals surface area contributed by atoms with Gasteiger partial charge in [-0.1, -0.05) is 61.8 Å². The van der Waals surface area contributed by atoms with Gasteiger partial charge in [0.15, 0.2) is 23.1 Å². The highest BCUT2D eigenvalue weighted by Gasteiger charge is 2.20. The molecule has 4 aromatic heterocycles. The second-order valence-corrected chi connectivity index (χ2v) is 12.4. The third-order valence-corrected chi connectivity index (χ3v) is 8.85. The minimum Gasteiger partial charge on any atom is -0.505 e. The number of rotatable bonds is 6. The average molecular weight is 792 g/mol. The van der Waals surface area contributed by atoms with E-state index in [-0.39, 0.29) is 12.4 Å². The molecule has 0 bridgehead atoms. The van der Waals surface area contributed by atoms with Gasteiger partial charge in [0.05, 0.1) is 15.4 Å². The number of thiazole rings is 2. The summed E-state index contributed by atoms with van der Waals surface area (Å²) in [6, 6.07) is 7.04. The summed E-state index contributed by atoms with van der Waals surface area (Å²) in [6.07, 6.45) is 3.13. The summed E-state index contributed by atoms with van der Waals surface area (Å²) in [5.41, 5.74) is 9.32. The summed E-state index contributed by atoms with van der Waals surface area (Å²) in [6.45, 7) is -0.0700. The first-order valence-electron chi connectivity index (χ1n) is 12.5. The van der Waals surface area contributed by atoms with Crippen molar-refractivity contribution in [1.29, 1.82) is 0 Å². The molecule has 4 heterocycles. The highest BCUT2D eigenvalue weighted by Crippen LogP contribution is 2.27. The fraction of sp³-hybridized carbons (Fsp3) is 0.0714. The summed E-state index contributed by atoms with van der Waals surface area (Å²) >= 11 is 17.8. The van der Waals surface area contributed by atoms with E-state index in [1.165, 1.54) is 17.5 Å². The lowest BCUT2D eigenvalue weighted by molar-refractivity contribution is 0.0982. The van der Waals surface area contributed by atoms with Crippen LogP contribution in [0, 0.1) is 23.3 Å². The number of phenols is 1. The van der Waals surface area contributed by atoms with Gasteiger partial charge in [0.1, 0.15) is 60.1 Å². The molecule has 0 saturated heterocycles. The number of hydrogen-bond acceptors (Lipinski definition) is 10. The number of alkyl halides is 1. The van der Waals surface area contributed by atoms with Crippen molar-refractivity contribution in [3.63, 3.8) is 0 Å². The number of aromatic hydroxyl groups is 1. The summed E-state index contributed by atoms with van der Waals surface area (Å²) in [5, 5.41) is 12.1. The maximum absolute atomic E-state index is 14.0. The zero-order chi connectivity index (χ0) is 34.4. The van der Waals surface area contributed by atoms with Gasteiger partial charge in [-0.15, -0.1) is 0 Å². The number of ether oxygens (including phenoxy) is 1. The quantitative estimate of drug-likeness (QED) is 0.117. The van der Waals surface area contributed by atoms with E-state index in [1.807, 2.05) is 6.07 Å². The molecule has 0 aliphatic heterocycles. The van der Waals surface area contributed by atoms with Gasteiger partial charge in [-0.3, -0.25) is 9.59 Å². The van der Waals surface area contributed by atoms with Crippen molar-refractivity contribution in [2.24, 2.45) is 11.5 Å². The van der Waals surface area contributed by atoms with E-state index in [4.69, 9.17) is 38.8 Å². The van der Waals surface area contributed by atoms with Crippen molar-refractivity contribution in [2.75, 3.05) is 0 Å². The smallest absolute Gasteiger partial charge is 0.254 e. The van der Waals surface area contributed by atoms with Crippen LogP contribution in [0.5, 0.6) is 11.5 Å². The molecule has 6 rings (SSSR count). The molecular weight excluding hydrogens is 775 g/mol. The van der Waals surface area contributed by atoms with Crippen molar-refractivity contribution in [1.82, 2.24) is 19.9 Å². The van der Waals surface area contributed by atoms with Crippen LogP contribution >= 0.6 is 61.8 Å². The number of aromatic nitrogens is 4. The van der Waals surface area contributed by atoms with Gasteiger partial charge in [0.2, 0.25) is 0 Å². The molecular formula is C28H17BrCl2F4N6O4S2. The number of nitrogens with zero attached hydrogens (tertiary/aromatic N) is 4. The van der Waals surface area contributed by atoms with Crippen molar-refractivity contribution in [2.45, 2.75) is 11.9 Å². The van der Waals surface area contributed by atoms with E-state index in [2.05, 4.69) is 41.6 Å². The topological polar surface area (TPSA) is 167 Å². The first-order chi connectivity index (χ1) is 22.3. The Kier molecular flexibility index (Phi) is 11.9. The van der Waals surface area contributed by atoms with Crippen LogP contribution in [-0.2, 0) is 11.9 Å². The van der Waals surface area contributed by atoms with E-state index < -0.39 is 52.0 Å². The van der Waals surface area contributed by atoms with E-state index in [9.17, 15) is 27.2 Å². The van der Waals surface area contributed by atoms with E-state index in [0.29, 0.717) is 25.4 Å². The second-order valence-electron chi connectivity index (χ2n) is 8.81. The molecule has 0 aliphatic rings. The Hall–Kier alpha value is -4.16. The zero-order valence-corrected chi connectivity index (χ0v) is 27.8. The molecule has 0 atom stereocenters. The lowest BCUT2D eigenvalue weighted by atomic mass is 10.2. The maximum atomic E-state index is 14.0. The first-order valence-corrected chi connectivity index (χ1v) is 16.0. The standard InChI is InChI=1S/C14H8ClF2N3O2S.C7H4BrClN2S.C7H5F2NO2/c15-6-3-8-14(19-4-6)23-10(20-8)5-22-9-2-1-7(16)11(12(9)17)13(18)21;8-2-6-11-5-1-4(9)3-10-7(5)12-6;8-3-1-2-4(11)6(9)5(3)7(10)12/h1-4H,5H2,(H2,18,21);1,3H,2H2;1-2,11H,(H2,10,12). The molecule has 6 aromatic rings. The van der Waals surface area contributed by atoms with Crippen LogP contribution in [0.2, 0.25) is 10.0 Å². The maximum Gasteiger partial charge on any atom is 0.254 e. The predicted molar refractivity (Wildman–Crippen MR) is 173 cm³/mol. The number of pyridine rings is 2. The molecule has 0 aliphatic carbocycles. The molecule has 10 nitrogen and oxygen atoms in total. The summed E-state index contributed by atoms with van der Waals surface area (Å²) in [4.78, 5) is 39.9. The van der Waals surface area contributed by atoms with E-state index >= 15 is 0 Å². The Bertz CT molecular complexity index is 2120. The highest BCUT2D eigenvalue weighted by molar-refractivity contribution is 9.08. The second kappa shape index (κ2) is 15.6. The number of phenolic OH excluding ortho intramolecular Hbond substituents is 1. The Labute approximate surface area is 288 Å². The number of fused-ring (bicyclic) bond motifs is 2. The van der Waals surface area contributed by atoms with E-state index in [0.717, 1.165) is 45.0 Å². The van der Waals surface area contributed by atoms with Crippen LogP contribution in [0.15, 0.2) is 48.8 Å². The van der Waals surface area contributed by atoms with Crippen molar-refractivity contribution < 1.29 is 37.0 Å². The summed E-state index contributed by atoms with van der Waals surface area (Å²) in [5.74, 6) is -8.14. The van der Waals surface area contributed by atoms with Gasteiger partial charge in [-0.25, -0.2) is 37.5 Å². The number of benzene rings is 2. The Morgan fingerprint density at radius 1 is 0.809 bits per heavy atom. The minimum absolute atomic E-state index is 0.0700. The number of halogens is 7. The molecule has 19 heteroatoms. The van der Waals surface area contributed by atoms with E-state index in [1.54, 1.807) is 23.6 Å². The van der Waals surface area contributed by atoms with Crippen molar-refractivity contribution >= 4 is 94.3 Å². The summed E-state index contributed by atoms with van der Waals surface area (Å²) in [7, 11) is 0. The van der Waals surface area contributed by atoms with Crippen LogP contribution in [0.4, 0.5) is 17.6 Å². The van der Waals surface area contributed by atoms with Crippen LogP contribution in [0.3, 0.4) is 0 Å². The number of carbonyl (C=O) groups is 2.